The molecule has 0 amide bonds. The third-order valence-electron chi connectivity index (χ3n) is 1.67. The van der Waals surface area contributed by atoms with Gasteiger partial charge < -0.3 is 10.8 Å². The van der Waals surface area contributed by atoms with Crippen LogP contribution in [0.4, 0.5) is 0 Å². The van der Waals surface area contributed by atoms with Crippen LogP contribution in [0.2, 0.25) is 0 Å². The number of nitrogens with two attached hydrogens (primary N) is 1. The van der Waals surface area contributed by atoms with Crippen molar-refractivity contribution in [2.75, 3.05) is 6.16 Å². The van der Waals surface area contributed by atoms with E-state index >= 15 is 0 Å². The van der Waals surface area contributed by atoms with Crippen LogP contribution in [0.5, 0.6) is 0 Å². The molecule has 0 aliphatic rings. The normalized spacial score (nSPS) is 12.4. The van der Waals surface area contributed by atoms with Gasteiger partial charge in [-0.05, 0) is 12.8 Å². The number of carboxylic acid groups (broad SMARTS) is 1. The first kappa shape index (κ1) is 12.3. The molecule has 6 heteroatoms. The van der Waals surface area contributed by atoms with E-state index in [4.69, 9.17) is 10.8 Å². The zero-order chi connectivity index (χ0) is 10.3. The highest BCUT2D eigenvalue weighted by Gasteiger charge is 2.09. The Morgan fingerprint density at radius 3 is 2.38 bits per heavy atom. The maximum absolute atomic E-state index is 10.2. The maximum atomic E-state index is 10.2. The van der Waals surface area contributed by atoms with Crippen molar-refractivity contribution in [3.8, 4) is 0 Å². The molecule has 3 N–H and O–H groups in total. The van der Waals surface area contributed by atoms with E-state index < -0.39 is 19.7 Å². The van der Waals surface area contributed by atoms with Crippen molar-refractivity contribution >= 4 is 13.6 Å². The largest absolute Gasteiger partial charge is 0.480 e. The number of rotatable bonds is 7. The van der Waals surface area contributed by atoms with Gasteiger partial charge >= 0.3 is 13.6 Å². The summed E-state index contributed by atoms with van der Waals surface area (Å²) >= 11 is 0. The molecule has 5 nitrogen and oxygen atoms in total. The lowest BCUT2D eigenvalue weighted by Gasteiger charge is -2.04. The number of carboxylic acids is 1. The van der Waals surface area contributed by atoms with E-state index in [2.05, 4.69) is 0 Å². The minimum Gasteiger partial charge on any atom is -0.480 e. The monoisotopic (exact) mass is 207 g/mol. The van der Waals surface area contributed by atoms with Crippen molar-refractivity contribution in [3.63, 3.8) is 0 Å². The topological polar surface area (TPSA) is 97.5 Å². The molecular weight excluding hydrogens is 193 g/mol. The predicted molar refractivity (Wildman–Crippen MR) is 47.2 cm³/mol. The molecule has 0 aliphatic carbocycles. The van der Waals surface area contributed by atoms with Crippen molar-refractivity contribution in [1.29, 1.82) is 0 Å². The number of hydrogen-bond acceptors (Lipinski definition) is 4. The number of aliphatic carboxylic acids is 1. The smallest absolute Gasteiger partial charge is 0.320 e. The van der Waals surface area contributed by atoms with Crippen molar-refractivity contribution < 1.29 is 19.0 Å². The van der Waals surface area contributed by atoms with Gasteiger partial charge in [0.2, 0.25) is 0 Å². The van der Waals surface area contributed by atoms with E-state index in [1.54, 1.807) is 0 Å². The maximum Gasteiger partial charge on any atom is 0.320 e. The molecule has 0 saturated carbocycles. The van der Waals surface area contributed by atoms with E-state index in [0.717, 1.165) is 0 Å². The highest BCUT2D eigenvalue weighted by Crippen LogP contribution is 2.09. The summed E-state index contributed by atoms with van der Waals surface area (Å²) < 4.78 is 20.2. The molecule has 0 aromatic rings. The second kappa shape index (κ2) is 6.80. The predicted octanol–water partition coefficient (Wildman–Crippen LogP) is 1.13. The molecule has 1 atom stereocenters. The molecule has 0 saturated heterocycles. The molecule has 0 aromatic heterocycles. The van der Waals surface area contributed by atoms with Crippen molar-refractivity contribution in [1.82, 2.24) is 0 Å². The molecule has 0 radical (unpaired) electrons. The molecule has 76 valence electrons. The summed E-state index contributed by atoms with van der Waals surface area (Å²) in [5.41, 5.74) is 5.24. The third kappa shape index (κ3) is 7.68. The van der Waals surface area contributed by atoms with Crippen LogP contribution in [-0.2, 0) is 13.9 Å². The Bertz CT molecular complexity index is 219. The van der Waals surface area contributed by atoms with Crippen LogP contribution >= 0.6 is 7.68 Å². The molecule has 1 unspecified atom stereocenters. The Morgan fingerprint density at radius 2 is 1.92 bits per heavy atom. The first-order valence-corrected chi connectivity index (χ1v) is 5.50. The second-order valence-corrected chi connectivity index (χ2v) is 3.96. The summed E-state index contributed by atoms with van der Waals surface area (Å²) in [6, 6.07) is -0.819. The van der Waals surface area contributed by atoms with Crippen LogP contribution in [0, 0.1) is 0 Å². The average Bonchev–Trinajstić information content (AvgIpc) is 2.02. The van der Waals surface area contributed by atoms with Gasteiger partial charge in [-0.2, -0.15) is 0 Å². The lowest BCUT2D eigenvalue weighted by Crippen LogP contribution is -2.29. The van der Waals surface area contributed by atoms with Crippen LogP contribution in [-0.4, -0.2) is 23.3 Å². The molecule has 0 aromatic carbocycles. The number of carbonyl (C=O) groups is 1. The van der Waals surface area contributed by atoms with Crippen molar-refractivity contribution in [3.05, 3.63) is 0 Å². The zero-order valence-electron chi connectivity index (χ0n) is 7.31. The number of hydrogen-bond donors (Lipinski definition) is 2. The van der Waals surface area contributed by atoms with E-state index in [9.17, 15) is 13.9 Å². The fraction of sp³-hybridized carbons (Fsp3) is 0.857. The molecule has 0 heterocycles. The zero-order valence-corrected chi connectivity index (χ0v) is 8.20. The Hall–Kier alpha value is -0.670. The third-order valence-corrected chi connectivity index (χ3v) is 2.35. The van der Waals surface area contributed by atoms with E-state index in [1.165, 1.54) is 0 Å². The summed E-state index contributed by atoms with van der Waals surface area (Å²) in [5.74, 6) is -1.00. The molecule has 0 fully saturated rings. The Morgan fingerprint density at radius 1 is 1.31 bits per heavy atom. The fourth-order valence-corrected chi connectivity index (χ4v) is 1.39. The minimum atomic E-state index is -2.29. The lowest BCUT2D eigenvalue weighted by atomic mass is 10.1. The molecule has 0 rings (SSSR count). The van der Waals surface area contributed by atoms with Gasteiger partial charge in [0.25, 0.3) is 0 Å². The average molecular weight is 207 g/mol. The molecular formula is C7H14NO4P. The summed E-state index contributed by atoms with van der Waals surface area (Å²) in [7, 11) is -2.29. The summed E-state index contributed by atoms with van der Waals surface area (Å²) in [6.07, 6.45) is 2.55. The van der Waals surface area contributed by atoms with E-state index in [0.29, 0.717) is 25.7 Å². The molecule has 0 bridgehead atoms. The first-order chi connectivity index (χ1) is 6.04. The van der Waals surface area contributed by atoms with Gasteiger partial charge in [0, 0.05) is 0 Å². The highest BCUT2D eigenvalue weighted by atomic mass is 31.1. The molecule has 0 aliphatic heterocycles. The quantitative estimate of drug-likeness (QED) is 0.481. The van der Waals surface area contributed by atoms with Crippen LogP contribution in [0.1, 0.15) is 25.7 Å². The Kier molecular flexibility index (Phi) is 6.45. The highest BCUT2D eigenvalue weighted by molar-refractivity contribution is 7.30. The van der Waals surface area contributed by atoms with Gasteiger partial charge in [-0.25, -0.2) is 9.13 Å². The van der Waals surface area contributed by atoms with Crippen molar-refractivity contribution in [2.24, 2.45) is 5.73 Å². The van der Waals surface area contributed by atoms with Crippen LogP contribution < -0.4 is 5.73 Å². The minimum absolute atomic E-state index is 0.178. The fourth-order valence-electron chi connectivity index (χ4n) is 0.905. The molecule has 13 heavy (non-hydrogen) atoms. The van der Waals surface area contributed by atoms with Gasteiger partial charge in [-0.3, -0.25) is 4.79 Å². The number of unbranched alkanes of at least 4 members (excludes halogenated alkanes) is 2. The van der Waals surface area contributed by atoms with Crippen LogP contribution in [0.15, 0.2) is 0 Å². The van der Waals surface area contributed by atoms with Gasteiger partial charge in [0.15, 0.2) is 0 Å². The van der Waals surface area contributed by atoms with Gasteiger partial charge in [-0.1, -0.05) is 12.8 Å². The van der Waals surface area contributed by atoms with Gasteiger partial charge in [0.05, 0.1) is 6.16 Å². The first-order valence-electron chi connectivity index (χ1n) is 4.14. The Balaban J connectivity index is 3.30. The van der Waals surface area contributed by atoms with Gasteiger partial charge in [0.1, 0.15) is 6.04 Å². The second-order valence-electron chi connectivity index (χ2n) is 2.85. The van der Waals surface area contributed by atoms with Crippen LogP contribution in [0.3, 0.4) is 0 Å². The van der Waals surface area contributed by atoms with E-state index in [-0.39, 0.29) is 6.16 Å². The summed E-state index contributed by atoms with van der Waals surface area (Å²) in [5, 5.41) is 8.40. The van der Waals surface area contributed by atoms with Crippen LogP contribution in [0.25, 0.3) is 0 Å². The summed E-state index contributed by atoms with van der Waals surface area (Å²) in [6.45, 7) is 0. The lowest BCUT2D eigenvalue weighted by molar-refractivity contribution is -0.138. The van der Waals surface area contributed by atoms with Crippen molar-refractivity contribution in [2.45, 2.75) is 31.7 Å². The molecule has 0 spiro atoms. The Labute approximate surface area is 77.1 Å². The standard InChI is InChI=1S/C7H14NO4P/c8-6(7(9)10)4-2-1-3-5-13(11)12/h6H,1-5,8H2,(H,9,10). The van der Waals surface area contributed by atoms with E-state index in [1.807, 2.05) is 0 Å². The summed E-state index contributed by atoms with van der Waals surface area (Å²) in [4.78, 5) is 10.2. The SMILES string of the molecule is NC(CCCCCP(=O)=O)C(=O)O. The van der Waals surface area contributed by atoms with Gasteiger partial charge in [-0.15, -0.1) is 0 Å².